The number of nitrogens with zero attached hydrogens (tertiary/aromatic N) is 2. The van der Waals surface area contributed by atoms with Gasteiger partial charge in [-0.15, -0.1) is 0 Å². The molecule has 34 heavy (non-hydrogen) atoms. The Labute approximate surface area is 204 Å². The molecule has 0 fully saturated rings. The van der Waals surface area contributed by atoms with Gasteiger partial charge in [0, 0.05) is 13.1 Å². The van der Waals surface area contributed by atoms with Gasteiger partial charge in [0.05, 0.1) is 11.9 Å². The summed E-state index contributed by atoms with van der Waals surface area (Å²) in [4.78, 5) is 28.0. The van der Waals surface area contributed by atoms with Crippen molar-refractivity contribution in [1.82, 2.24) is 10.2 Å². The Kier molecular flexibility index (Phi) is 9.27. The number of carbonyl (C=O) groups excluding carboxylic acids is 2. The zero-order chi connectivity index (χ0) is 25.6. The van der Waals surface area contributed by atoms with Gasteiger partial charge in [-0.2, -0.15) is 0 Å². The summed E-state index contributed by atoms with van der Waals surface area (Å²) in [5.74, 6) is -0.447. The second-order valence-corrected chi connectivity index (χ2v) is 11.2. The molecule has 2 aromatic rings. The lowest BCUT2D eigenvalue weighted by Crippen LogP contribution is -2.51. The molecule has 8 heteroatoms. The molecule has 7 nitrogen and oxygen atoms in total. The first-order chi connectivity index (χ1) is 15.8. The van der Waals surface area contributed by atoms with E-state index in [-0.39, 0.29) is 18.4 Å². The van der Waals surface area contributed by atoms with E-state index < -0.39 is 28.5 Å². The van der Waals surface area contributed by atoms with Gasteiger partial charge in [0.2, 0.25) is 21.8 Å². The van der Waals surface area contributed by atoms with Crippen LogP contribution in [-0.4, -0.2) is 50.5 Å². The van der Waals surface area contributed by atoms with Crippen LogP contribution in [0, 0.1) is 26.7 Å². The first-order valence-corrected chi connectivity index (χ1v) is 13.3. The minimum absolute atomic E-state index is 0.201. The molecule has 0 spiro atoms. The number of nitrogens with one attached hydrogen (secondary N) is 1. The highest BCUT2D eigenvalue weighted by molar-refractivity contribution is 7.92. The molecule has 2 aromatic carbocycles. The maximum absolute atomic E-state index is 13.6. The van der Waals surface area contributed by atoms with Gasteiger partial charge in [0.1, 0.15) is 12.6 Å². The Balaban J connectivity index is 2.43. The summed E-state index contributed by atoms with van der Waals surface area (Å²) in [7, 11) is -3.75. The lowest BCUT2D eigenvalue weighted by atomic mass is 10.1. The Morgan fingerprint density at radius 3 is 2.21 bits per heavy atom. The van der Waals surface area contributed by atoms with Gasteiger partial charge in [-0.1, -0.05) is 50.2 Å². The second kappa shape index (κ2) is 11.5. The number of hydrogen-bond acceptors (Lipinski definition) is 4. The Bertz CT molecular complexity index is 1130. The molecule has 0 saturated heterocycles. The maximum Gasteiger partial charge on any atom is 0.244 e. The van der Waals surface area contributed by atoms with Crippen molar-refractivity contribution in [1.29, 1.82) is 0 Å². The Morgan fingerprint density at radius 1 is 0.971 bits per heavy atom. The largest absolute Gasteiger partial charge is 0.354 e. The SMILES string of the molecule is Cc1ccc(C)c(N(CC(=O)N(Cc2ccccc2C)[C@@H](C)C(=O)NCC(C)C)S(C)(=O)=O)c1. The third-order valence-electron chi connectivity index (χ3n) is 5.77. The topological polar surface area (TPSA) is 86.8 Å². The molecule has 0 aliphatic heterocycles. The van der Waals surface area contributed by atoms with Gasteiger partial charge in [-0.05, 0) is 61.9 Å². The summed E-state index contributed by atoms with van der Waals surface area (Å²) in [5.41, 5.74) is 3.99. The molecular weight excluding hydrogens is 450 g/mol. The third kappa shape index (κ3) is 7.32. The second-order valence-electron chi connectivity index (χ2n) is 9.32. The van der Waals surface area contributed by atoms with E-state index in [4.69, 9.17) is 0 Å². The molecule has 0 heterocycles. The number of anilines is 1. The fourth-order valence-corrected chi connectivity index (χ4v) is 4.49. The van der Waals surface area contributed by atoms with Gasteiger partial charge >= 0.3 is 0 Å². The van der Waals surface area contributed by atoms with Crippen LogP contribution in [0.3, 0.4) is 0 Å². The first-order valence-electron chi connectivity index (χ1n) is 11.5. The summed E-state index contributed by atoms with van der Waals surface area (Å²) in [6.45, 7) is 11.6. The number of carbonyl (C=O) groups is 2. The van der Waals surface area contributed by atoms with Crippen LogP contribution in [0.5, 0.6) is 0 Å². The summed E-state index contributed by atoms with van der Waals surface area (Å²) in [6, 6.07) is 12.4. The molecule has 0 aliphatic carbocycles. The third-order valence-corrected chi connectivity index (χ3v) is 6.89. The zero-order valence-corrected chi connectivity index (χ0v) is 22.1. The van der Waals surface area contributed by atoms with Crippen molar-refractivity contribution in [3.63, 3.8) is 0 Å². The van der Waals surface area contributed by atoms with E-state index in [2.05, 4.69) is 5.32 Å². The van der Waals surface area contributed by atoms with E-state index in [0.29, 0.717) is 12.2 Å². The molecule has 1 N–H and O–H groups in total. The van der Waals surface area contributed by atoms with Crippen LogP contribution in [0.1, 0.15) is 43.0 Å². The molecule has 0 aliphatic rings. The minimum Gasteiger partial charge on any atom is -0.354 e. The molecule has 0 aromatic heterocycles. The standard InChI is InChI=1S/C26H37N3O4S/c1-18(2)15-27-26(31)22(6)28(16-23-11-9-8-10-20(23)4)25(30)17-29(34(7,32)33)24-14-19(3)12-13-21(24)5/h8-14,18,22H,15-17H2,1-7H3,(H,27,31)/t22-/m0/s1. The number of hydrogen-bond donors (Lipinski definition) is 1. The van der Waals surface area contributed by atoms with Gasteiger partial charge in [0.15, 0.2) is 0 Å². The van der Waals surface area contributed by atoms with Crippen molar-refractivity contribution in [2.75, 3.05) is 23.7 Å². The number of sulfonamides is 1. The first kappa shape index (κ1) is 27.4. The molecule has 2 rings (SSSR count). The van der Waals surface area contributed by atoms with Gasteiger partial charge in [0.25, 0.3) is 0 Å². The summed E-state index contributed by atoms with van der Waals surface area (Å²) < 4.78 is 26.6. The van der Waals surface area contributed by atoms with E-state index in [0.717, 1.165) is 32.8 Å². The highest BCUT2D eigenvalue weighted by atomic mass is 32.2. The van der Waals surface area contributed by atoms with E-state index >= 15 is 0 Å². The molecule has 0 bridgehead atoms. The lowest BCUT2D eigenvalue weighted by Gasteiger charge is -2.32. The monoisotopic (exact) mass is 487 g/mol. The molecule has 1 atom stereocenters. The van der Waals surface area contributed by atoms with Gasteiger partial charge in [-0.25, -0.2) is 8.42 Å². The van der Waals surface area contributed by atoms with E-state index in [1.807, 2.05) is 71.0 Å². The van der Waals surface area contributed by atoms with Gasteiger partial charge < -0.3 is 10.2 Å². The average Bonchev–Trinajstić information content (AvgIpc) is 2.75. The van der Waals surface area contributed by atoms with Crippen molar-refractivity contribution < 1.29 is 18.0 Å². The highest BCUT2D eigenvalue weighted by Crippen LogP contribution is 2.24. The number of amides is 2. The molecule has 2 amide bonds. The smallest absolute Gasteiger partial charge is 0.244 e. The van der Waals surface area contributed by atoms with E-state index in [1.165, 1.54) is 4.90 Å². The van der Waals surface area contributed by atoms with Crippen LogP contribution in [-0.2, 0) is 26.2 Å². The Hall–Kier alpha value is -2.87. The fourth-order valence-electron chi connectivity index (χ4n) is 3.59. The molecule has 0 saturated carbocycles. The lowest BCUT2D eigenvalue weighted by molar-refractivity contribution is -0.139. The van der Waals surface area contributed by atoms with E-state index in [1.54, 1.807) is 13.0 Å². The number of aryl methyl sites for hydroxylation is 3. The van der Waals surface area contributed by atoms with Crippen LogP contribution >= 0.6 is 0 Å². The molecular formula is C26H37N3O4S. The van der Waals surface area contributed by atoms with Crippen LogP contribution in [0.4, 0.5) is 5.69 Å². The molecule has 186 valence electrons. The molecule has 0 unspecified atom stereocenters. The van der Waals surface area contributed by atoms with Crippen molar-refractivity contribution in [3.8, 4) is 0 Å². The normalized spacial score (nSPS) is 12.4. The quantitative estimate of drug-likeness (QED) is 0.555. The van der Waals surface area contributed by atoms with Crippen LogP contribution < -0.4 is 9.62 Å². The van der Waals surface area contributed by atoms with Crippen molar-refractivity contribution in [3.05, 3.63) is 64.7 Å². The predicted molar refractivity (Wildman–Crippen MR) is 137 cm³/mol. The summed E-state index contributed by atoms with van der Waals surface area (Å²) in [5, 5.41) is 2.88. The predicted octanol–water partition coefficient (Wildman–Crippen LogP) is 3.57. The van der Waals surface area contributed by atoms with Crippen molar-refractivity contribution >= 4 is 27.5 Å². The minimum atomic E-state index is -3.75. The maximum atomic E-state index is 13.6. The van der Waals surface area contributed by atoms with Gasteiger partial charge in [-0.3, -0.25) is 13.9 Å². The summed E-state index contributed by atoms with van der Waals surface area (Å²) >= 11 is 0. The van der Waals surface area contributed by atoms with Crippen molar-refractivity contribution in [2.45, 2.75) is 54.1 Å². The molecule has 0 radical (unpaired) electrons. The van der Waals surface area contributed by atoms with Crippen LogP contribution in [0.2, 0.25) is 0 Å². The van der Waals surface area contributed by atoms with Crippen molar-refractivity contribution in [2.24, 2.45) is 5.92 Å². The Morgan fingerprint density at radius 2 is 1.62 bits per heavy atom. The summed E-state index contributed by atoms with van der Waals surface area (Å²) in [6.07, 6.45) is 1.09. The van der Waals surface area contributed by atoms with Crippen LogP contribution in [0.15, 0.2) is 42.5 Å². The van der Waals surface area contributed by atoms with E-state index in [9.17, 15) is 18.0 Å². The fraction of sp³-hybridized carbons (Fsp3) is 0.462. The number of rotatable bonds is 10. The highest BCUT2D eigenvalue weighted by Gasteiger charge is 2.30. The number of benzene rings is 2. The van der Waals surface area contributed by atoms with Crippen LogP contribution in [0.25, 0.3) is 0 Å². The zero-order valence-electron chi connectivity index (χ0n) is 21.3. The average molecular weight is 488 g/mol.